The summed E-state index contributed by atoms with van der Waals surface area (Å²) in [5.41, 5.74) is -0.174. The Bertz CT molecular complexity index is 328. The molecule has 1 heterocycles. The fraction of sp³-hybridized carbons (Fsp3) is 0.636. The van der Waals surface area contributed by atoms with Gasteiger partial charge in [-0.3, -0.25) is 0 Å². The van der Waals surface area contributed by atoms with Crippen molar-refractivity contribution in [3.8, 4) is 0 Å². The van der Waals surface area contributed by atoms with Crippen molar-refractivity contribution in [3.63, 3.8) is 0 Å². The molecular formula is C11H20N4O. The Hall–Kier alpha value is -1.36. The molecule has 5 nitrogen and oxygen atoms in total. The van der Waals surface area contributed by atoms with Crippen molar-refractivity contribution in [2.24, 2.45) is 0 Å². The molecule has 3 N–H and O–H groups in total. The first-order valence-corrected chi connectivity index (χ1v) is 5.52. The van der Waals surface area contributed by atoms with E-state index in [0.717, 1.165) is 18.2 Å². The van der Waals surface area contributed by atoms with Gasteiger partial charge in [-0.2, -0.15) is 0 Å². The van der Waals surface area contributed by atoms with Crippen LogP contribution in [0.3, 0.4) is 0 Å². The van der Waals surface area contributed by atoms with Gasteiger partial charge in [-0.15, -0.1) is 0 Å². The van der Waals surface area contributed by atoms with E-state index in [2.05, 4.69) is 20.6 Å². The molecule has 0 amide bonds. The smallest absolute Gasteiger partial charge is 0.131 e. The largest absolute Gasteiger partial charge is 0.396 e. The molecule has 1 aromatic rings. The Kier molecular flexibility index (Phi) is 4.49. The number of nitrogens with one attached hydrogen (secondary N) is 2. The lowest BCUT2D eigenvalue weighted by Gasteiger charge is -2.26. The number of hydrogen-bond acceptors (Lipinski definition) is 5. The first kappa shape index (κ1) is 12.7. The zero-order valence-electron chi connectivity index (χ0n) is 10.1. The standard InChI is InChI=1S/C11H20N4O/c1-4-12-9-7-10(14-8-13-9)15-11(2,3)5-6-16/h7-8,16H,4-6H2,1-3H3,(H2,12,13,14,15). The lowest BCUT2D eigenvalue weighted by Crippen LogP contribution is -2.32. The van der Waals surface area contributed by atoms with E-state index in [9.17, 15) is 0 Å². The van der Waals surface area contributed by atoms with E-state index >= 15 is 0 Å². The van der Waals surface area contributed by atoms with E-state index in [0.29, 0.717) is 6.42 Å². The van der Waals surface area contributed by atoms with Gasteiger partial charge < -0.3 is 15.7 Å². The average molecular weight is 224 g/mol. The maximum absolute atomic E-state index is 8.93. The van der Waals surface area contributed by atoms with E-state index < -0.39 is 0 Å². The molecular weight excluding hydrogens is 204 g/mol. The van der Waals surface area contributed by atoms with E-state index in [1.807, 2.05) is 26.8 Å². The van der Waals surface area contributed by atoms with Crippen molar-refractivity contribution in [1.29, 1.82) is 0 Å². The molecule has 1 aromatic heterocycles. The van der Waals surface area contributed by atoms with Crippen molar-refractivity contribution in [2.75, 3.05) is 23.8 Å². The highest BCUT2D eigenvalue weighted by atomic mass is 16.3. The summed E-state index contributed by atoms with van der Waals surface area (Å²) >= 11 is 0. The molecule has 90 valence electrons. The quantitative estimate of drug-likeness (QED) is 0.683. The topological polar surface area (TPSA) is 70.1 Å². The van der Waals surface area contributed by atoms with Gasteiger partial charge in [-0.05, 0) is 27.2 Å². The molecule has 5 heteroatoms. The summed E-state index contributed by atoms with van der Waals surface area (Å²) in [6, 6.07) is 1.86. The highest BCUT2D eigenvalue weighted by Gasteiger charge is 2.17. The minimum absolute atomic E-state index is 0.158. The van der Waals surface area contributed by atoms with Gasteiger partial charge >= 0.3 is 0 Å². The Labute approximate surface area is 96.3 Å². The summed E-state index contributed by atoms with van der Waals surface area (Å²) in [7, 11) is 0. The van der Waals surface area contributed by atoms with Gasteiger partial charge in [-0.25, -0.2) is 9.97 Å². The Morgan fingerprint density at radius 1 is 1.31 bits per heavy atom. The van der Waals surface area contributed by atoms with Crippen molar-refractivity contribution < 1.29 is 5.11 Å². The predicted octanol–water partition coefficient (Wildman–Crippen LogP) is 1.48. The number of aromatic nitrogens is 2. The first-order valence-electron chi connectivity index (χ1n) is 5.52. The number of rotatable bonds is 6. The van der Waals surface area contributed by atoms with Gasteiger partial charge in [0.05, 0.1) is 0 Å². The Balaban J connectivity index is 2.69. The molecule has 0 atom stereocenters. The normalized spacial score (nSPS) is 11.2. The van der Waals surface area contributed by atoms with Crippen LogP contribution < -0.4 is 10.6 Å². The van der Waals surface area contributed by atoms with Crippen LogP contribution >= 0.6 is 0 Å². The molecule has 0 saturated heterocycles. The van der Waals surface area contributed by atoms with Gasteiger partial charge in [0.25, 0.3) is 0 Å². The molecule has 0 bridgehead atoms. The lowest BCUT2D eigenvalue weighted by atomic mass is 10.0. The number of aliphatic hydroxyl groups is 1. The molecule has 0 aliphatic heterocycles. The van der Waals surface area contributed by atoms with Gasteiger partial charge in [0, 0.05) is 24.8 Å². The zero-order chi connectivity index (χ0) is 12.0. The minimum Gasteiger partial charge on any atom is -0.396 e. The van der Waals surface area contributed by atoms with Crippen LogP contribution in [0.2, 0.25) is 0 Å². The molecule has 0 saturated carbocycles. The van der Waals surface area contributed by atoms with Crippen LogP contribution in [-0.4, -0.2) is 33.8 Å². The SMILES string of the molecule is CCNc1cc(NC(C)(C)CCO)ncn1. The maximum Gasteiger partial charge on any atom is 0.131 e. The summed E-state index contributed by atoms with van der Waals surface area (Å²) in [4.78, 5) is 8.24. The van der Waals surface area contributed by atoms with Gasteiger partial charge in [0.2, 0.25) is 0 Å². The van der Waals surface area contributed by atoms with E-state index in [4.69, 9.17) is 5.11 Å². The molecule has 0 radical (unpaired) electrons. The molecule has 0 aliphatic rings. The summed E-state index contributed by atoms with van der Waals surface area (Å²) in [6.07, 6.45) is 2.20. The highest BCUT2D eigenvalue weighted by Crippen LogP contribution is 2.17. The molecule has 0 unspecified atom stereocenters. The van der Waals surface area contributed by atoms with Crippen molar-refractivity contribution in [3.05, 3.63) is 12.4 Å². The monoisotopic (exact) mass is 224 g/mol. The second kappa shape index (κ2) is 5.65. The Morgan fingerprint density at radius 2 is 2.00 bits per heavy atom. The van der Waals surface area contributed by atoms with Crippen LogP contribution in [0.1, 0.15) is 27.2 Å². The van der Waals surface area contributed by atoms with Crippen molar-refractivity contribution in [2.45, 2.75) is 32.7 Å². The summed E-state index contributed by atoms with van der Waals surface area (Å²) in [6.45, 7) is 7.06. The van der Waals surface area contributed by atoms with Crippen LogP contribution in [0, 0.1) is 0 Å². The average Bonchev–Trinajstić information content (AvgIpc) is 2.17. The highest BCUT2D eigenvalue weighted by molar-refractivity contribution is 5.47. The third-order valence-electron chi connectivity index (χ3n) is 2.23. The molecule has 16 heavy (non-hydrogen) atoms. The molecule has 1 rings (SSSR count). The fourth-order valence-corrected chi connectivity index (χ4v) is 1.39. The van der Waals surface area contributed by atoms with Gasteiger partial charge in [-0.1, -0.05) is 0 Å². The Morgan fingerprint density at radius 3 is 2.62 bits per heavy atom. The number of anilines is 2. The third kappa shape index (κ3) is 4.02. The fourth-order valence-electron chi connectivity index (χ4n) is 1.39. The molecule has 0 aromatic carbocycles. The third-order valence-corrected chi connectivity index (χ3v) is 2.23. The van der Waals surface area contributed by atoms with Gasteiger partial charge in [0.1, 0.15) is 18.0 Å². The lowest BCUT2D eigenvalue weighted by molar-refractivity contribution is 0.260. The zero-order valence-corrected chi connectivity index (χ0v) is 10.1. The predicted molar refractivity (Wildman–Crippen MR) is 65.6 cm³/mol. The molecule has 0 spiro atoms. The summed E-state index contributed by atoms with van der Waals surface area (Å²) in [5, 5.41) is 15.3. The maximum atomic E-state index is 8.93. The van der Waals surface area contributed by atoms with Crippen LogP contribution in [0.4, 0.5) is 11.6 Å². The number of hydrogen-bond donors (Lipinski definition) is 3. The summed E-state index contributed by atoms with van der Waals surface area (Å²) in [5.74, 6) is 1.57. The van der Waals surface area contributed by atoms with Crippen LogP contribution in [0.5, 0.6) is 0 Å². The van der Waals surface area contributed by atoms with Crippen molar-refractivity contribution >= 4 is 11.6 Å². The van der Waals surface area contributed by atoms with Crippen LogP contribution in [-0.2, 0) is 0 Å². The van der Waals surface area contributed by atoms with E-state index in [-0.39, 0.29) is 12.1 Å². The summed E-state index contributed by atoms with van der Waals surface area (Å²) < 4.78 is 0. The second-order valence-corrected chi connectivity index (χ2v) is 4.30. The van der Waals surface area contributed by atoms with E-state index in [1.165, 1.54) is 6.33 Å². The molecule has 0 fully saturated rings. The van der Waals surface area contributed by atoms with E-state index in [1.54, 1.807) is 0 Å². The van der Waals surface area contributed by atoms with Gasteiger partial charge in [0.15, 0.2) is 0 Å². The first-order chi connectivity index (χ1) is 7.57. The second-order valence-electron chi connectivity index (χ2n) is 4.30. The van der Waals surface area contributed by atoms with Crippen LogP contribution in [0.15, 0.2) is 12.4 Å². The van der Waals surface area contributed by atoms with Crippen molar-refractivity contribution in [1.82, 2.24) is 9.97 Å². The minimum atomic E-state index is -0.174. The van der Waals surface area contributed by atoms with Crippen LogP contribution in [0.25, 0.3) is 0 Å². The molecule has 0 aliphatic carbocycles. The number of aliphatic hydroxyl groups excluding tert-OH is 1. The number of nitrogens with zero attached hydrogens (tertiary/aromatic N) is 2.